The fourth-order valence-corrected chi connectivity index (χ4v) is 1.96. The van der Waals surface area contributed by atoms with E-state index < -0.39 is 0 Å². The summed E-state index contributed by atoms with van der Waals surface area (Å²) in [5.41, 5.74) is 3.75. The van der Waals surface area contributed by atoms with Crippen molar-refractivity contribution in [2.75, 3.05) is 7.05 Å². The Hall–Kier alpha value is -2.36. The third-order valence-corrected chi connectivity index (χ3v) is 2.76. The van der Waals surface area contributed by atoms with Crippen molar-refractivity contribution in [2.45, 2.75) is 27.2 Å². The van der Waals surface area contributed by atoms with Gasteiger partial charge in [0.25, 0.3) is 0 Å². The Bertz CT molecular complexity index is 557. The number of rotatable bonds is 6. The van der Waals surface area contributed by atoms with Gasteiger partial charge in [-0.05, 0) is 19.4 Å². The fraction of sp³-hybridized carbons (Fsp3) is 0.294. The van der Waals surface area contributed by atoms with Gasteiger partial charge in [-0.3, -0.25) is 9.79 Å². The number of amides is 1. The lowest BCUT2D eigenvalue weighted by Gasteiger charge is -2.09. The largest absolute Gasteiger partial charge is 0.393 e. The van der Waals surface area contributed by atoms with Gasteiger partial charge in [-0.25, -0.2) is 0 Å². The second-order valence-electron chi connectivity index (χ2n) is 4.70. The van der Waals surface area contributed by atoms with Crippen LogP contribution in [0.15, 0.2) is 53.3 Å². The van der Waals surface area contributed by atoms with Gasteiger partial charge in [-0.15, -0.1) is 0 Å². The van der Waals surface area contributed by atoms with Gasteiger partial charge in [0.05, 0.1) is 5.70 Å². The van der Waals surface area contributed by atoms with E-state index in [1.54, 1.807) is 13.2 Å². The Morgan fingerprint density at radius 3 is 2.43 bits per heavy atom. The molecule has 0 aromatic heterocycles. The average Bonchev–Trinajstić information content (AvgIpc) is 2.45. The molecule has 1 aromatic carbocycles. The zero-order valence-corrected chi connectivity index (χ0v) is 13.1. The second-order valence-corrected chi connectivity index (χ2v) is 4.70. The maximum atomic E-state index is 11.2. The highest BCUT2D eigenvalue weighted by Gasteiger charge is 2.04. The molecule has 4 nitrogen and oxygen atoms in total. The molecule has 112 valence electrons. The Labute approximate surface area is 126 Å². The topological polar surface area (TPSA) is 53.5 Å². The van der Waals surface area contributed by atoms with E-state index in [9.17, 15) is 4.79 Å². The lowest BCUT2D eigenvalue weighted by atomic mass is 10.1. The van der Waals surface area contributed by atoms with Crippen molar-refractivity contribution in [3.8, 4) is 0 Å². The van der Waals surface area contributed by atoms with Crippen LogP contribution in [0.25, 0.3) is 5.70 Å². The number of nitrogens with one attached hydrogen (secondary N) is 2. The highest BCUT2D eigenvalue weighted by molar-refractivity contribution is 5.90. The minimum atomic E-state index is -0.0846. The molecule has 1 rings (SSSR count). The first-order valence-corrected chi connectivity index (χ1v) is 6.96. The molecule has 4 heteroatoms. The number of allylic oxidation sites excluding steroid dienone is 2. The van der Waals surface area contributed by atoms with E-state index in [1.807, 2.05) is 50.3 Å². The van der Waals surface area contributed by atoms with Crippen LogP contribution >= 0.6 is 0 Å². The summed E-state index contributed by atoms with van der Waals surface area (Å²) < 4.78 is 0. The molecule has 21 heavy (non-hydrogen) atoms. The fourth-order valence-electron chi connectivity index (χ4n) is 1.96. The Kier molecular flexibility index (Phi) is 6.95. The molecule has 0 aliphatic heterocycles. The minimum Gasteiger partial charge on any atom is -0.393 e. The summed E-state index contributed by atoms with van der Waals surface area (Å²) in [6, 6.07) is 10.0. The normalized spacial score (nSPS) is 13.0. The Balaban J connectivity index is 2.87. The van der Waals surface area contributed by atoms with E-state index in [0.29, 0.717) is 6.42 Å². The SMILES string of the molecule is C/C=C(\N=C(C)C/C(=C\NC)NC(C)=O)c1ccccc1. The van der Waals surface area contributed by atoms with Crippen LogP contribution in [-0.2, 0) is 4.79 Å². The van der Waals surface area contributed by atoms with Crippen molar-refractivity contribution in [1.82, 2.24) is 10.6 Å². The van der Waals surface area contributed by atoms with Gasteiger partial charge in [-0.2, -0.15) is 0 Å². The van der Waals surface area contributed by atoms with Gasteiger partial charge in [0.2, 0.25) is 5.91 Å². The molecule has 0 radical (unpaired) electrons. The first-order valence-electron chi connectivity index (χ1n) is 6.96. The van der Waals surface area contributed by atoms with Gasteiger partial charge < -0.3 is 10.6 Å². The molecule has 0 fully saturated rings. The van der Waals surface area contributed by atoms with E-state index in [2.05, 4.69) is 15.6 Å². The molecule has 0 saturated carbocycles. The van der Waals surface area contributed by atoms with Crippen LogP contribution in [0.4, 0.5) is 0 Å². The van der Waals surface area contributed by atoms with Crippen LogP contribution in [-0.4, -0.2) is 18.7 Å². The van der Waals surface area contributed by atoms with E-state index in [-0.39, 0.29) is 5.91 Å². The van der Waals surface area contributed by atoms with Crippen molar-refractivity contribution < 1.29 is 4.79 Å². The molecule has 1 aromatic rings. The molecular weight excluding hydrogens is 262 g/mol. The summed E-state index contributed by atoms with van der Waals surface area (Å²) in [5, 5.41) is 5.73. The number of benzene rings is 1. The highest BCUT2D eigenvalue weighted by atomic mass is 16.1. The first-order chi connectivity index (χ1) is 10.1. The van der Waals surface area contributed by atoms with Crippen molar-refractivity contribution in [1.29, 1.82) is 0 Å². The van der Waals surface area contributed by atoms with Crippen molar-refractivity contribution >= 4 is 17.3 Å². The maximum Gasteiger partial charge on any atom is 0.221 e. The number of hydrogen-bond donors (Lipinski definition) is 2. The third-order valence-electron chi connectivity index (χ3n) is 2.76. The zero-order chi connectivity index (χ0) is 15.7. The summed E-state index contributed by atoms with van der Waals surface area (Å²) in [4.78, 5) is 15.8. The summed E-state index contributed by atoms with van der Waals surface area (Å²) in [6.45, 7) is 5.42. The zero-order valence-electron chi connectivity index (χ0n) is 13.1. The molecule has 0 bridgehead atoms. The predicted octanol–water partition coefficient (Wildman–Crippen LogP) is 3.10. The first kappa shape index (κ1) is 16.7. The lowest BCUT2D eigenvalue weighted by molar-refractivity contribution is -0.118. The summed E-state index contributed by atoms with van der Waals surface area (Å²) in [7, 11) is 1.80. The molecule has 0 spiro atoms. The number of nitrogens with zero attached hydrogens (tertiary/aromatic N) is 1. The molecule has 0 saturated heterocycles. The number of hydrogen-bond acceptors (Lipinski definition) is 3. The summed E-state index contributed by atoms with van der Waals surface area (Å²) >= 11 is 0. The van der Waals surface area contributed by atoms with Crippen molar-refractivity contribution in [2.24, 2.45) is 4.99 Å². The van der Waals surface area contributed by atoms with Gasteiger partial charge >= 0.3 is 0 Å². The van der Waals surface area contributed by atoms with E-state index in [4.69, 9.17) is 0 Å². The van der Waals surface area contributed by atoms with Crippen LogP contribution < -0.4 is 10.6 Å². The highest BCUT2D eigenvalue weighted by Crippen LogP contribution is 2.16. The van der Waals surface area contributed by atoms with E-state index in [1.165, 1.54) is 6.92 Å². The molecule has 1 amide bonds. The standard InChI is InChI=1S/C17H23N3O/c1-5-17(15-9-7-6-8-10-15)19-13(2)11-16(12-18-4)20-14(3)21/h5-10,12,18H,11H2,1-4H3,(H,20,21)/b16-12+,17-5-,19-13?. The molecule has 0 unspecified atom stereocenters. The smallest absolute Gasteiger partial charge is 0.221 e. The number of carbonyl (C=O) groups excluding carboxylic acids is 1. The molecular formula is C17H23N3O. The van der Waals surface area contributed by atoms with Gasteiger partial charge in [0, 0.05) is 38.0 Å². The van der Waals surface area contributed by atoms with E-state index in [0.717, 1.165) is 22.7 Å². The third kappa shape index (κ3) is 6.08. The lowest BCUT2D eigenvalue weighted by Crippen LogP contribution is -2.22. The van der Waals surface area contributed by atoms with Gasteiger partial charge in [0.15, 0.2) is 0 Å². The van der Waals surface area contributed by atoms with Crippen LogP contribution in [0.2, 0.25) is 0 Å². The summed E-state index contributed by atoms with van der Waals surface area (Å²) in [5.74, 6) is -0.0846. The molecule has 2 N–H and O–H groups in total. The maximum absolute atomic E-state index is 11.2. The van der Waals surface area contributed by atoms with Crippen molar-refractivity contribution in [3.05, 3.63) is 53.9 Å². The monoisotopic (exact) mass is 285 g/mol. The second kappa shape index (κ2) is 8.74. The Morgan fingerprint density at radius 1 is 1.24 bits per heavy atom. The molecule has 0 heterocycles. The number of aliphatic imine (C=N–C) groups is 1. The molecule has 0 aliphatic rings. The molecule has 0 aliphatic carbocycles. The van der Waals surface area contributed by atoms with Gasteiger partial charge in [0.1, 0.15) is 0 Å². The van der Waals surface area contributed by atoms with Crippen LogP contribution in [0.3, 0.4) is 0 Å². The average molecular weight is 285 g/mol. The Morgan fingerprint density at radius 2 is 1.90 bits per heavy atom. The van der Waals surface area contributed by atoms with E-state index >= 15 is 0 Å². The minimum absolute atomic E-state index is 0.0846. The number of carbonyl (C=O) groups is 1. The predicted molar refractivity (Wildman–Crippen MR) is 88.8 cm³/mol. The quantitative estimate of drug-likeness (QED) is 0.789. The van der Waals surface area contributed by atoms with Crippen molar-refractivity contribution in [3.63, 3.8) is 0 Å². The van der Waals surface area contributed by atoms with Crippen LogP contribution in [0.1, 0.15) is 32.8 Å². The van der Waals surface area contributed by atoms with Crippen LogP contribution in [0, 0.1) is 0 Å². The summed E-state index contributed by atoms with van der Waals surface area (Å²) in [6.07, 6.45) is 4.35. The van der Waals surface area contributed by atoms with Gasteiger partial charge in [-0.1, -0.05) is 36.4 Å². The van der Waals surface area contributed by atoms with Crippen LogP contribution in [0.5, 0.6) is 0 Å². The molecule has 0 atom stereocenters.